The van der Waals surface area contributed by atoms with E-state index in [1.807, 2.05) is 7.05 Å². The van der Waals surface area contributed by atoms with Crippen LogP contribution in [0, 0.1) is 6.92 Å². The molecule has 2 aromatic rings. The Bertz CT molecular complexity index is 542. The Labute approximate surface area is 116 Å². The maximum Gasteiger partial charge on any atom is 0.0459 e. The molecule has 1 aromatic carbocycles. The van der Waals surface area contributed by atoms with E-state index in [2.05, 4.69) is 68.3 Å². The first-order valence-corrected chi connectivity index (χ1v) is 6.86. The molecule has 0 spiro atoms. The van der Waals surface area contributed by atoms with Crippen molar-refractivity contribution in [1.82, 2.24) is 10.3 Å². The Kier molecular flexibility index (Phi) is 3.81. The highest BCUT2D eigenvalue weighted by Gasteiger charge is 2.13. The zero-order valence-corrected chi connectivity index (χ0v) is 12.6. The summed E-state index contributed by atoms with van der Waals surface area (Å²) in [5.74, 6) is 0. The van der Waals surface area contributed by atoms with Gasteiger partial charge >= 0.3 is 0 Å². The second-order valence-electron chi connectivity index (χ2n) is 6.19. The highest BCUT2D eigenvalue weighted by atomic mass is 14.8. The molecule has 0 bridgehead atoms. The van der Waals surface area contributed by atoms with Gasteiger partial charge in [-0.15, -0.1) is 0 Å². The average Bonchev–Trinajstić information content (AvgIpc) is 2.71. The summed E-state index contributed by atoms with van der Waals surface area (Å²) in [6, 6.07) is 11.1. The maximum absolute atomic E-state index is 3.46. The topological polar surface area (TPSA) is 27.8 Å². The van der Waals surface area contributed by atoms with Crippen molar-refractivity contribution in [2.24, 2.45) is 0 Å². The maximum atomic E-state index is 3.46. The molecule has 0 radical (unpaired) electrons. The van der Waals surface area contributed by atoms with Crippen LogP contribution in [0.4, 0.5) is 0 Å². The molecule has 0 saturated heterocycles. The summed E-state index contributed by atoms with van der Waals surface area (Å²) in [4.78, 5) is 3.46. The molecule has 0 saturated carbocycles. The third-order valence-corrected chi connectivity index (χ3v) is 3.55. The van der Waals surface area contributed by atoms with Crippen LogP contribution >= 0.6 is 0 Å². The molecule has 0 fully saturated rings. The lowest BCUT2D eigenvalue weighted by atomic mass is 9.86. The predicted octanol–water partition coefficient (Wildman–Crippen LogP) is 4.01. The number of nitrogens with one attached hydrogen (secondary N) is 2. The molecule has 2 nitrogen and oxygen atoms in total. The van der Waals surface area contributed by atoms with Crippen LogP contribution in [-0.4, -0.2) is 12.0 Å². The van der Waals surface area contributed by atoms with Crippen molar-refractivity contribution in [3.05, 3.63) is 47.2 Å². The summed E-state index contributed by atoms with van der Waals surface area (Å²) in [5, 5.41) is 3.20. The first-order valence-electron chi connectivity index (χ1n) is 6.86. The fourth-order valence-electron chi connectivity index (χ4n) is 2.28. The van der Waals surface area contributed by atoms with Crippen LogP contribution in [-0.2, 0) is 12.0 Å². The number of aromatic nitrogens is 1. The second-order valence-corrected chi connectivity index (χ2v) is 6.19. The van der Waals surface area contributed by atoms with Crippen molar-refractivity contribution >= 4 is 0 Å². The zero-order chi connectivity index (χ0) is 14.0. The smallest absolute Gasteiger partial charge is 0.0459 e. The lowest BCUT2D eigenvalue weighted by molar-refractivity contribution is 0.590. The van der Waals surface area contributed by atoms with Gasteiger partial charge in [-0.05, 0) is 42.1 Å². The Balaban J connectivity index is 2.30. The average molecular weight is 256 g/mol. The Hall–Kier alpha value is -1.54. The largest absolute Gasteiger partial charge is 0.358 e. The van der Waals surface area contributed by atoms with Crippen LogP contribution in [0.2, 0.25) is 0 Å². The fraction of sp³-hybridized carbons (Fsp3) is 0.412. The molecule has 0 unspecified atom stereocenters. The molecule has 0 aliphatic carbocycles. The predicted molar refractivity (Wildman–Crippen MR) is 82.4 cm³/mol. The van der Waals surface area contributed by atoms with Crippen LogP contribution in [0.15, 0.2) is 30.3 Å². The van der Waals surface area contributed by atoms with Gasteiger partial charge in [-0.25, -0.2) is 0 Å². The number of benzene rings is 1. The van der Waals surface area contributed by atoms with Gasteiger partial charge in [0.1, 0.15) is 0 Å². The SMILES string of the molecule is CNCc1cc(-c2ccc(C(C)(C)C)cc2)[nH]c1C. The van der Waals surface area contributed by atoms with Crippen molar-refractivity contribution in [2.75, 3.05) is 7.05 Å². The van der Waals surface area contributed by atoms with Crippen molar-refractivity contribution in [3.63, 3.8) is 0 Å². The molecule has 0 amide bonds. The lowest BCUT2D eigenvalue weighted by Crippen LogP contribution is -2.10. The monoisotopic (exact) mass is 256 g/mol. The number of H-pyrrole nitrogens is 1. The molecule has 2 rings (SSSR count). The first kappa shape index (κ1) is 13.9. The van der Waals surface area contributed by atoms with Gasteiger partial charge < -0.3 is 10.3 Å². The van der Waals surface area contributed by atoms with Gasteiger partial charge in [0, 0.05) is 17.9 Å². The van der Waals surface area contributed by atoms with Crippen LogP contribution < -0.4 is 5.32 Å². The molecular formula is C17H24N2. The van der Waals surface area contributed by atoms with E-state index >= 15 is 0 Å². The van der Waals surface area contributed by atoms with Crippen molar-refractivity contribution in [2.45, 2.75) is 39.7 Å². The lowest BCUT2D eigenvalue weighted by Gasteiger charge is -2.19. The summed E-state index contributed by atoms with van der Waals surface area (Å²) in [5.41, 5.74) is 6.60. The van der Waals surface area contributed by atoms with E-state index in [1.54, 1.807) is 0 Å². The van der Waals surface area contributed by atoms with E-state index in [-0.39, 0.29) is 5.41 Å². The van der Waals surface area contributed by atoms with Crippen molar-refractivity contribution < 1.29 is 0 Å². The summed E-state index contributed by atoms with van der Waals surface area (Å²) in [6.45, 7) is 9.76. The third-order valence-electron chi connectivity index (χ3n) is 3.55. The van der Waals surface area contributed by atoms with Gasteiger partial charge in [-0.2, -0.15) is 0 Å². The Morgan fingerprint density at radius 3 is 2.26 bits per heavy atom. The van der Waals surface area contributed by atoms with Crippen LogP contribution in [0.1, 0.15) is 37.6 Å². The minimum atomic E-state index is 0.210. The summed E-state index contributed by atoms with van der Waals surface area (Å²) < 4.78 is 0. The minimum absolute atomic E-state index is 0.210. The molecule has 2 N–H and O–H groups in total. The number of hydrogen-bond acceptors (Lipinski definition) is 1. The molecular weight excluding hydrogens is 232 g/mol. The van der Waals surface area contributed by atoms with Crippen molar-refractivity contribution in [1.29, 1.82) is 0 Å². The summed E-state index contributed by atoms with van der Waals surface area (Å²) in [6.07, 6.45) is 0. The third kappa shape index (κ3) is 3.07. The normalized spacial score (nSPS) is 11.8. The quantitative estimate of drug-likeness (QED) is 0.853. The highest BCUT2D eigenvalue weighted by molar-refractivity contribution is 5.62. The van der Waals surface area contributed by atoms with Gasteiger partial charge in [0.05, 0.1) is 0 Å². The zero-order valence-electron chi connectivity index (χ0n) is 12.6. The molecule has 1 heterocycles. The minimum Gasteiger partial charge on any atom is -0.358 e. The molecule has 1 aromatic heterocycles. The van der Waals surface area contributed by atoms with Gasteiger partial charge in [-0.3, -0.25) is 0 Å². The molecule has 0 aliphatic rings. The van der Waals surface area contributed by atoms with E-state index in [0.717, 1.165) is 6.54 Å². The van der Waals surface area contributed by atoms with E-state index < -0.39 is 0 Å². The van der Waals surface area contributed by atoms with Gasteiger partial charge in [0.2, 0.25) is 0 Å². The Morgan fingerprint density at radius 2 is 1.74 bits per heavy atom. The number of aromatic amines is 1. The van der Waals surface area contributed by atoms with Crippen LogP contribution in [0.25, 0.3) is 11.3 Å². The van der Waals surface area contributed by atoms with Gasteiger partial charge in [-0.1, -0.05) is 45.0 Å². The van der Waals surface area contributed by atoms with Gasteiger partial charge in [0.25, 0.3) is 0 Å². The van der Waals surface area contributed by atoms with Crippen molar-refractivity contribution in [3.8, 4) is 11.3 Å². The molecule has 102 valence electrons. The first-order chi connectivity index (χ1) is 8.91. The van der Waals surface area contributed by atoms with Crippen LogP contribution in [0.3, 0.4) is 0 Å². The van der Waals surface area contributed by atoms with Gasteiger partial charge in [0.15, 0.2) is 0 Å². The molecule has 0 aliphatic heterocycles. The van der Waals surface area contributed by atoms with E-state index in [4.69, 9.17) is 0 Å². The summed E-state index contributed by atoms with van der Waals surface area (Å²) in [7, 11) is 1.98. The highest BCUT2D eigenvalue weighted by Crippen LogP contribution is 2.26. The number of rotatable bonds is 3. The summed E-state index contributed by atoms with van der Waals surface area (Å²) >= 11 is 0. The standard InChI is InChI=1S/C17H24N2/c1-12-14(11-18-5)10-16(19-12)13-6-8-15(9-7-13)17(2,3)4/h6-10,18-19H,11H2,1-5H3. The van der Waals surface area contributed by atoms with E-state index in [0.29, 0.717) is 0 Å². The molecule has 0 atom stereocenters. The van der Waals surface area contributed by atoms with E-state index in [9.17, 15) is 0 Å². The van der Waals surface area contributed by atoms with Crippen LogP contribution in [0.5, 0.6) is 0 Å². The Morgan fingerprint density at radius 1 is 1.11 bits per heavy atom. The van der Waals surface area contributed by atoms with E-state index in [1.165, 1.54) is 28.1 Å². The number of hydrogen-bond donors (Lipinski definition) is 2. The number of aryl methyl sites for hydroxylation is 1. The second kappa shape index (κ2) is 5.22. The fourth-order valence-corrected chi connectivity index (χ4v) is 2.28. The molecule has 2 heteroatoms. The molecule has 19 heavy (non-hydrogen) atoms.